The van der Waals surface area contributed by atoms with E-state index >= 15 is 0 Å². The van der Waals surface area contributed by atoms with E-state index in [9.17, 15) is 4.79 Å². The van der Waals surface area contributed by atoms with Gasteiger partial charge < -0.3 is 10.6 Å². The van der Waals surface area contributed by atoms with Crippen molar-refractivity contribution in [3.63, 3.8) is 0 Å². The summed E-state index contributed by atoms with van der Waals surface area (Å²) in [7, 11) is 0. The molecule has 0 bridgehead atoms. The molecule has 1 aliphatic heterocycles. The summed E-state index contributed by atoms with van der Waals surface area (Å²) in [5.41, 5.74) is 4.93. The van der Waals surface area contributed by atoms with Crippen LogP contribution in [0.15, 0.2) is 90.4 Å². The second-order valence-corrected chi connectivity index (χ2v) is 6.97. The summed E-state index contributed by atoms with van der Waals surface area (Å²) in [6.07, 6.45) is 3.54. The molecular weight excluding hydrogens is 362 g/mol. The number of nitrogens with one attached hydrogen (secondary N) is 2. The number of anilines is 2. The third-order valence-corrected chi connectivity index (χ3v) is 5.11. The van der Waals surface area contributed by atoms with E-state index in [1.54, 1.807) is 12.4 Å². The molecule has 0 unspecified atom stereocenters. The summed E-state index contributed by atoms with van der Waals surface area (Å²) in [5.74, 6) is 0.562. The van der Waals surface area contributed by atoms with Gasteiger partial charge in [-0.3, -0.25) is 14.3 Å². The molecule has 1 atom stereocenters. The molecule has 6 heteroatoms. The predicted octanol–water partition coefficient (Wildman–Crippen LogP) is 4.36. The molecule has 6 nitrogen and oxygen atoms in total. The number of carbonyl (C=O) groups is 1. The summed E-state index contributed by atoms with van der Waals surface area (Å²) >= 11 is 0. The molecule has 2 aromatic carbocycles. The minimum absolute atomic E-state index is 0.154. The molecule has 3 heterocycles. The maximum Gasteiger partial charge on any atom is 0.255 e. The van der Waals surface area contributed by atoms with Gasteiger partial charge in [-0.15, -0.1) is 0 Å². The maximum atomic E-state index is 13.4. The Morgan fingerprint density at radius 3 is 2.62 bits per heavy atom. The number of hydrogen-bond donors (Lipinski definition) is 2. The number of benzene rings is 2. The summed E-state index contributed by atoms with van der Waals surface area (Å²) in [6.45, 7) is 1.91. The predicted molar refractivity (Wildman–Crippen MR) is 114 cm³/mol. The van der Waals surface area contributed by atoms with Gasteiger partial charge in [-0.2, -0.15) is 0 Å². The highest BCUT2D eigenvalue weighted by Crippen LogP contribution is 2.39. The van der Waals surface area contributed by atoms with Gasteiger partial charge in [-0.25, -0.2) is 4.98 Å². The van der Waals surface area contributed by atoms with Crippen LogP contribution in [0.4, 0.5) is 11.6 Å². The molecule has 0 fully saturated rings. The van der Waals surface area contributed by atoms with E-state index in [2.05, 4.69) is 20.2 Å². The third kappa shape index (κ3) is 2.95. The van der Waals surface area contributed by atoms with Crippen molar-refractivity contribution in [3.05, 3.63) is 96.0 Å². The Kier molecular flexibility index (Phi) is 4.09. The smallest absolute Gasteiger partial charge is 0.255 e. The van der Waals surface area contributed by atoms with Crippen LogP contribution in [-0.4, -0.2) is 20.4 Å². The Bertz CT molecular complexity index is 1230. The first-order valence-corrected chi connectivity index (χ1v) is 9.43. The van der Waals surface area contributed by atoms with E-state index in [1.807, 2.05) is 73.7 Å². The van der Waals surface area contributed by atoms with Gasteiger partial charge in [-0.05, 0) is 42.8 Å². The second kappa shape index (κ2) is 6.91. The standard InChI is InChI=1S/C23H19N5O/c1-15-20(22(29)26-17-9-3-2-4-10-17)21(16-8-7-13-24-14-16)28-19-12-6-5-11-18(19)27-23(28)25-15/h2-14,21H,1H3,(H,25,27)(H,26,29)/t21-/m0/s1. The van der Waals surface area contributed by atoms with Crippen molar-refractivity contribution < 1.29 is 4.79 Å². The van der Waals surface area contributed by atoms with Gasteiger partial charge in [0.25, 0.3) is 5.91 Å². The molecule has 0 saturated carbocycles. The van der Waals surface area contributed by atoms with Gasteiger partial charge in [0.05, 0.1) is 22.6 Å². The molecule has 2 N–H and O–H groups in total. The second-order valence-electron chi connectivity index (χ2n) is 6.97. The molecule has 0 saturated heterocycles. The number of carbonyl (C=O) groups excluding carboxylic acids is 1. The lowest BCUT2D eigenvalue weighted by molar-refractivity contribution is -0.113. The Hall–Kier alpha value is -3.93. The van der Waals surface area contributed by atoms with Crippen LogP contribution >= 0.6 is 0 Å². The highest BCUT2D eigenvalue weighted by Gasteiger charge is 2.34. The Balaban J connectivity index is 1.67. The van der Waals surface area contributed by atoms with Crippen LogP contribution in [0.2, 0.25) is 0 Å². The lowest BCUT2D eigenvalue weighted by Gasteiger charge is -2.30. The van der Waals surface area contributed by atoms with Crippen LogP contribution in [0.5, 0.6) is 0 Å². The van der Waals surface area contributed by atoms with Crippen molar-refractivity contribution in [1.82, 2.24) is 14.5 Å². The maximum absolute atomic E-state index is 13.4. The first-order valence-electron chi connectivity index (χ1n) is 9.43. The van der Waals surface area contributed by atoms with Gasteiger partial charge in [-0.1, -0.05) is 36.4 Å². The first-order chi connectivity index (χ1) is 14.2. The van der Waals surface area contributed by atoms with Crippen LogP contribution in [-0.2, 0) is 4.79 Å². The monoisotopic (exact) mass is 381 g/mol. The number of imidazole rings is 1. The molecule has 29 heavy (non-hydrogen) atoms. The molecule has 0 spiro atoms. The molecule has 4 aromatic rings. The zero-order valence-corrected chi connectivity index (χ0v) is 15.8. The van der Waals surface area contributed by atoms with Crippen LogP contribution < -0.4 is 10.6 Å². The summed E-state index contributed by atoms with van der Waals surface area (Å²) < 4.78 is 2.07. The van der Waals surface area contributed by atoms with Crippen molar-refractivity contribution in [3.8, 4) is 0 Å². The number of rotatable bonds is 3. The summed E-state index contributed by atoms with van der Waals surface area (Å²) in [5, 5.41) is 6.34. The quantitative estimate of drug-likeness (QED) is 0.553. The van der Waals surface area contributed by atoms with Crippen LogP contribution in [0, 0.1) is 0 Å². The molecule has 142 valence electrons. The molecule has 1 aliphatic rings. The summed E-state index contributed by atoms with van der Waals surface area (Å²) in [6, 6.07) is 20.9. The normalized spacial score (nSPS) is 15.7. The minimum atomic E-state index is -0.337. The van der Waals surface area contributed by atoms with Crippen LogP contribution in [0.25, 0.3) is 11.0 Å². The van der Waals surface area contributed by atoms with E-state index in [1.165, 1.54) is 0 Å². The van der Waals surface area contributed by atoms with E-state index in [0.29, 0.717) is 11.5 Å². The number of hydrogen-bond acceptors (Lipinski definition) is 4. The van der Waals surface area contributed by atoms with Crippen molar-refractivity contribution in [2.75, 3.05) is 10.6 Å². The Labute approximate surface area is 167 Å². The molecule has 0 radical (unpaired) electrons. The van der Waals surface area contributed by atoms with Gasteiger partial charge >= 0.3 is 0 Å². The molecule has 2 aromatic heterocycles. The number of amides is 1. The minimum Gasteiger partial charge on any atom is -0.329 e. The van der Waals surface area contributed by atoms with Crippen LogP contribution in [0.3, 0.4) is 0 Å². The topological polar surface area (TPSA) is 71.8 Å². The summed E-state index contributed by atoms with van der Waals surface area (Å²) in [4.78, 5) is 22.4. The van der Waals surface area contributed by atoms with Gasteiger partial charge in [0.2, 0.25) is 5.95 Å². The van der Waals surface area contributed by atoms with Crippen LogP contribution in [0.1, 0.15) is 18.5 Å². The van der Waals surface area contributed by atoms with E-state index in [-0.39, 0.29) is 11.9 Å². The number of para-hydroxylation sites is 3. The largest absolute Gasteiger partial charge is 0.329 e. The Morgan fingerprint density at radius 2 is 1.83 bits per heavy atom. The SMILES string of the molecule is CC1=C(C(=O)Nc2ccccc2)[C@H](c2cccnc2)n2c(nc3ccccc32)N1. The van der Waals surface area contributed by atoms with Gasteiger partial charge in [0.15, 0.2) is 0 Å². The zero-order valence-electron chi connectivity index (χ0n) is 15.8. The first kappa shape index (κ1) is 17.2. The van der Waals surface area contributed by atoms with Crippen molar-refractivity contribution in [2.45, 2.75) is 13.0 Å². The number of fused-ring (bicyclic) bond motifs is 3. The van der Waals surface area contributed by atoms with Crippen molar-refractivity contribution in [1.29, 1.82) is 0 Å². The van der Waals surface area contributed by atoms with Gasteiger partial charge in [0.1, 0.15) is 0 Å². The average Bonchev–Trinajstić information content (AvgIpc) is 3.12. The third-order valence-electron chi connectivity index (χ3n) is 5.11. The lowest BCUT2D eigenvalue weighted by atomic mass is 9.95. The zero-order chi connectivity index (χ0) is 19.8. The molecule has 1 amide bonds. The number of nitrogens with zero attached hydrogens (tertiary/aromatic N) is 3. The number of pyridine rings is 1. The molecule has 0 aliphatic carbocycles. The fourth-order valence-electron chi connectivity index (χ4n) is 3.83. The molecular formula is C23H19N5O. The van der Waals surface area contributed by atoms with E-state index < -0.39 is 0 Å². The lowest BCUT2D eigenvalue weighted by Crippen LogP contribution is -2.31. The van der Waals surface area contributed by atoms with Crippen molar-refractivity contribution in [2.24, 2.45) is 0 Å². The fourth-order valence-corrected chi connectivity index (χ4v) is 3.83. The molecule has 5 rings (SSSR count). The van der Waals surface area contributed by atoms with E-state index in [4.69, 9.17) is 4.98 Å². The van der Waals surface area contributed by atoms with E-state index in [0.717, 1.165) is 28.0 Å². The number of aromatic nitrogens is 3. The average molecular weight is 381 g/mol. The van der Waals surface area contributed by atoms with Gasteiger partial charge in [0, 0.05) is 23.8 Å². The highest BCUT2D eigenvalue weighted by atomic mass is 16.1. The fraction of sp³-hybridized carbons (Fsp3) is 0.0870. The number of allylic oxidation sites excluding steroid dienone is 1. The highest BCUT2D eigenvalue weighted by molar-refractivity contribution is 6.06. The Morgan fingerprint density at radius 1 is 1.03 bits per heavy atom. The van der Waals surface area contributed by atoms with Crippen molar-refractivity contribution >= 4 is 28.6 Å².